The van der Waals surface area contributed by atoms with Gasteiger partial charge >= 0.3 is 6.18 Å². The third kappa shape index (κ3) is 9.91. The summed E-state index contributed by atoms with van der Waals surface area (Å²) in [4.78, 5) is 26.5. The first-order valence-electron chi connectivity index (χ1n) is 16.1. The van der Waals surface area contributed by atoms with Crippen LogP contribution < -0.4 is 19.7 Å². The number of rotatable bonds is 16. The lowest BCUT2D eigenvalue weighted by Crippen LogP contribution is -2.31. The fourth-order valence-corrected chi connectivity index (χ4v) is 6.94. The zero-order chi connectivity index (χ0) is 37.7. The molecule has 0 saturated heterocycles. The Bertz CT molecular complexity index is 1990. The topological polar surface area (TPSA) is 153 Å². The molecule has 0 saturated carbocycles. The highest BCUT2D eigenvalue weighted by molar-refractivity contribution is 7.92. The molecule has 0 spiro atoms. The van der Waals surface area contributed by atoms with E-state index in [9.17, 15) is 26.4 Å². The summed E-state index contributed by atoms with van der Waals surface area (Å²) in [6.45, 7) is 10.4. The maximum atomic E-state index is 15.2. The third-order valence-electron chi connectivity index (χ3n) is 7.64. The van der Waals surface area contributed by atoms with Gasteiger partial charge in [-0.1, -0.05) is 19.6 Å². The second kappa shape index (κ2) is 15.9. The Morgan fingerprint density at radius 1 is 1.10 bits per heavy atom. The van der Waals surface area contributed by atoms with Crippen LogP contribution in [0.5, 0.6) is 5.75 Å². The molecule has 0 aliphatic heterocycles. The minimum atomic E-state index is -4.66. The molecule has 0 aliphatic carbocycles. The van der Waals surface area contributed by atoms with Gasteiger partial charge < -0.3 is 20.1 Å². The van der Waals surface area contributed by atoms with Gasteiger partial charge in [0.25, 0.3) is 5.91 Å². The van der Waals surface area contributed by atoms with Gasteiger partial charge in [0.2, 0.25) is 10.0 Å². The normalized spacial score (nSPS) is 12.3. The van der Waals surface area contributed by atoms with Crippen molar-refractivity contribution in [1.82, 2.24) is 30.0 Å². The highest BCUT2D eigenvalue weighted by atomic mass is 32.2. The number of benzene rings is 1. The van der Waals surface area contributed by atoms with E-state index in [0.717, 1.165) is 35.8 Å². The van der Waals surface area contributed by atoms with Crippen LogP contribution >= 0.6 is 0 Å². The van der Waals surface area contributed by atoms with E-state index in [4.69, 9.17) is 9.47 Å². The zero-order valence-electron chi connectivity index (χ0n) is 29.5. The van der Waals surface area contributed by atoms with Crippen LogP contribution in [0.15, 0.2) is 30.6 Å². The van der Waals surface area contributed by atoms with Crippen LogP contribution in [0.2, 0.25) is 25.7 Å². The molecular formula is C32H42F4N8O5SSi. The van der Waals surface area contributed by atoms with Gasteiger partial charge in [-0.3, -0.25) is 14.1 Å². The first-order valence-corrected chi connectivity index (χ1v) is 21.6. The first kappa shape index (κ1) is 39.4. The Hall–Kier alpha value is -4.36. The first-order chi connectivity index (χ1) is 23.9. The molecule has 0 bridgehead atoms. The van der Waals surface area contributed by atoms with E-state index < -0.39 is 42.4 Å². The van der Waals surface area contributed by atoms with Gasteiger partial charge in [-0.2, -0.15) is 18.3 Å². The van der Waals surface area contributed by atoms with E-state index in [1.54, 1.807) is 13.8 Å². The number of ether oxygens (including phenoxy) is 2. The van der Waals surface area contributed by atoms with E-state index in [2.05, 4.69) is 50.3 Å². The van der Waals surface area contributed by atoms with E-state index in [1.807, 2.05) is 0 Å². The number of pyridine rings is 1. The molecule has 0 atom stereocenters. The summed E-state index contributed by atoms with van der Waals surface area (Å²) in [5, 5.41) is 10.5. The van der Waals surface area contributed by atoms with Crippen LogP contribution in [0, 0.1) is 5.82 Å². The molecule has 4 rings (SSSR count). The molecule has 0 fully saturated rings. The molecule has 19 heteroatoms. The van der Waals surface area contributed by atoms with E-state index in [1.165, 1.54) is 23.1 Å². The molecule has 278 valence electrons. The molecule has 1 amide bonds. The van der Waals surface area contributed by atoms with Crippen molar-refractivity contribution in [3.8, 4) is 17.0 Å². The molecular weight excluding hydrogens is 713 g/mol. The van der Waals surface area contributed by atoms with Gasteiger partial charge in [-0.15, -0.1) is 0 Å². The molecule has 2 N–H and O–H groups in total. The number of alkyl halides is 3. The smallest absolute Gasteiger partial charge is 0.393 e. The number of nitrogens with one attached hydrogen (secondary N) is 2. The number of carbonyl (C=O) groups excluding carboxylic acids is 1. The Balaban J connectivity index is 1.97. The second-order valence-corrected chi connectivity index (χ2v) is 20.4. The van der Waals surface area contributed by atoms with Crippen molar-refractivity contribution < 1.29 is 40.2 Å². The number of hydrogen-bond acceptors (Lipinski definition) is 10. The predicted molar refractivity (Wildman–Crippen MR) is 189 cm³/mol. The monoisotopic (exact) mass is 754 g/mol. The molecule has 0 radical (unpaired) electrons. The number of anilines is 2. The zero-order valence-corrected chi connectivity index (χ0v) is 31.3. The molecule has 3 heterocycles. The largest absolute Gasteiger partial charge is 0.494 e. The Kier molecular flexibility index (Phi) is 12.3. The molecule has 0 unspecified atom stereocenters. The second-order valence-electron chi connectivity index (χ2n) is 12.8. The molecule has 4 aromatic rings. The summed E-state index contributed by atoms with van der Waals surface area (Å²) < 4.78 is 95.1. The van der Waals surface area contributed by atoms with Gasteiger partial charge in [0, 0.05) is 45.7 Å². The van der Waals surface area contributed by atoms with Gasteiger partial charge in [0.1, 0.15) is 18.2 Å². The van der Waals surface area contributed by atoms with Gasteiger partial charge in [0.05, 0.1) is 42.9 Å². The number of sulfonamides is 1. The Labute approximate surface area is 294 Å². The minimum Gasteiger partial charge on any atom is -0.494 e. The Morgan fingerprint density at radius 2 is 1.80 bits per heavy atom. The van der Waals surface area contributed by atoms with Crippen molar-refractivity contribution in [3.63, 3.8) is 0 Å². The van der Waals surface area contributed by atoms with Crippen LogP contribution in [-0.4, -0.2) is 86.4 Å². The molecule has 51 heavy (non-hydrogen) atoms. The fourth-order valence-electron chi connectivity index (χ4n) is 5.24. The number of methoxy groups -OCH3 is 1. The number of aromatic nitrogens is 5. The molecule has 0 aliphatic rings. The number of halogens is 4. The summed E-state index contributed by atoms with van der Waals surface area (Å²) in [7, 11) is -4.07. The highest BCUT2D eigenvalue weighted by Gasteiger charge is 2.31. The van der Waals surface area contributed by atoms with Crippen molar-refractivity contribution in [1.29, 1.82) is 0 Å². The fraction of sp³-hybridized carbons (Fsp3) is 0.469. The SMILES string of the molecule is CCNC(=O)c1nn(COCC[Si](C)(C)C)c2cc(-c3cc(F)c(OC)cc3CC(F)(F)F)nc(NCc3nccnc3N(CC)S(C)(=O)=O)c12. The lowest BCUT2D eigenvalue weighted by Gasteiger charge is -2.21. The van der Waals surface area contributed by atoms with Crippen molar-refractivity contribution >= 4 is 46.5 Å². The third-order valence-corrected chi connectivity index (χ3v) is 10.6. The number of hydrogen-bond donors (Lipinski definition) is 2. The summed E-state index contributed by atoms with van der Waals surface area (Å²) in [5.41, 5.74) is -0.136. The van der Waals surface area contributed by atoms with Crippen LogP contribution in [0.3, 0.4) is 0 Å². The summed E-state index contributed by atoms with van der Waals surface area (Å²) >= 11 is 0. The van der Waals surface area contributed by atoms with Crippen molar-refractivity contribution in [2.24, 2.45) is 0 Å². The molecule has 1 aromatic carbocycles. The quantitative estimate of drug-likeness (QED) is 0.0840. The number of nitrogens with zero attached hydrogens (tertiary/aromatic N) is 6. The number of carbonyl (C=O) groups is 1. The summed E-state index contributed by atoms with van der Waals surface area (Å²) in [6, 6.07) is 4.16. The summed E-state index contributed by atoms with van der Waals surface area (Å²) in [6.07, 6.45) is -2.33. The molecule has 3 aromatic heterocycles. The predicted octanol–water partition coefficient (Wildman–Crippen LogP) is 5.60. The van der Waals surface area contributed by atoms with Gasteiger partial charge in [0.15, 0.2) is 23.1 Å². The highest BCUT2D eigenvalue weighted by Crippen LogP contribution is 2.37. The lowest BCUT2D eigenvalue weighted by molar-refractivity contribution is -0.127. The average molecular weight is 755 g/mol. The number of amides is 1. The van der Waals surface area contributed by atoms with Crippen molar-refractivity contribution in [2.75, 3.05) is 42.7 Å². The van der Waals surface area contributed by atoms with E-state index in [-0.39, 0.29) is 82.9 Å². The van der Waals surface area contributed by atoms with E-state index >= 15 is 4.39 Å². The van der Waals surface area contributed by atoms with Gasteiger partial charge in [-0.05, 0) is 43.7 Å². The van der Waals surface area contributed by atoms with Crippen LogP contribution in [-0.2, 0) is 34.5 Å². The van der Waals surface area contributed by atoms with Gasteiger partial charge in [-0.25, -0.2) is 27.5 Å². The van der Waals surface area contributed by atoms with Crippen molar-refractivity contribution in [2.45, 2.75) is 65.4 Å². The number of fused-ring (bicyclic) bond motifs is 1. The maximum absolute atomic E-state index is 15.2. The summed E-state index contributed by atoms with van der Waals surface area (Å²) in [5.74, 6) is -1.81. The van der Waals surface area contributed by atoms with E-state index in [0.29, 0.717) is 6.61 Å². The van der Waals surface area contributed by atoms with Crippen LogP contribution in [0.4, 0.5) is 29.2 Å². The van der Waals surface area contributed by atoms with Crippen LogP contribution in [0.25, 0.3) is 22.2 Å². The maximum Gasteiger partial charge on any atom is 0.393 e. The van der Waals surface area contributed by atoms with Crippen molar-refractivity contribution in [3.05, 3.63) is 53.4 Å². The molecule has 13 nitrogen and oxygen atoms in total. The van der Waals surface area contributed by atoms with Crippen LogP contribution in [0.1, 0.15) is 35.6 Å². The Morgan fingerprint density at radius 3 is 2.41 bits per heavy atom. The minimum absolute atomic E-state index is 0.00899. The lowest BCUT2D eigenvalue weighted by atomic mass is 9.99. The average Bonchev–Trinajstić information content (AvgIpc) is 3.40. The standard InChI is InChI=1S/C32H42F4N8O5SSi/c1-8-37-31(45)28-27-25(43(42-28)19-49-12-13-51(5,6)7)16-23(21-15-22(33)26(48-3)14-20(21)17-32(34,35)36)41-29(27)40-18-24-30(39-11-10-38-24)44(9-2)50(4,46)47/h10-11,14-16H,8-9,12-13,17-19H2,1-7H3,(H,37,45)(H,40,41).